The lowest BCUT2D eigenvalue weighted by atomic mass is 9.96. The van der Waals surface area contributed by atoms with Crippen molar-refractivity contribution >= 4 is 21.7 Å². The van der Waals surface area contributed by atoms with Crippen LogP contribution in [0, 0.1) is 0 Å². The lowest BCUT2D eigenvalue weighted by Gasteiger charge is -2.20. The molecule has 1 aromatic carbocycles. The zero-order valence-electron chi connectivity index (χ0n) is 17.2. The summed E-state index contributed by atoms with van der Waals surface area (Å²) < 4.78 is 13.1. The smallest absolute Gasteiger partial charge is 0.281 e. The van der Waals surface area contributed by atoms with Crippen molar-refractivity contribution in [1.29, 1.82) is 0 Å². The number of likely N-dealkylation sites (N-methyl/N-ethyl adjacent to an activating group) is 1. The van der Waals surface area contributed by atoms with Crippen LogP contribution in [0.1, 0.15) is 32.3 Å². The molecule has 0 saturated carbocycles. The van der Waals surface area contributed by atoms with Crippen LogP contribution in [-0.4, -0.2) is 53.7 Å². The van der Waals surface area contributed by atoms with E-state index in [2.05, 4.69) is 47.0 Å². The second-order valence-electron chi connectivity index (χ2n) is 7.27. The molecule has 3 heterocycles. The van der Waals surface area contributed by atoms with Crippen LogP contribution in [-0.2, 0) is 0 Å². The molecule has 0 bridgehead atoms. The van der Waals surface area contributed by atoms with Gasteiger partial charge in [0.1, 0.15) is 17.6 Å². The minimum Gasteiger partial charge on any atom is -0.490 e. The molecule has 154 valence electrons. The highest BCUT2D eigenvalue weighted by molar-refractivity contribution is 7.20. The maximum Gasteiger partial charge on any atom is 0.281 e. The Kier molecular flexibility index (Phi) is 6.28. The molecule has 7 heteroatoms. The van der Waals surface area contributed by atoms with Gasteiger partial charge in [0, 0.05) is 43.4 Å². The number of fused-ring (bicyclic) bond motifs is 2. The summed E-state index contributed by atoms with van der Waals surface area (Å²) >= 11 is 1.50. The fourth-order valence-electron chi connectivity index (χ4n) is 3.73. The van der Waals surface area contributed by atoms with Crippen LogP contribution in [0.4, 0.5) is 0 Å². The number of nitrogens with zero attached hydrogens (tertiary/aromatic N) is 3. The molecule has 0 radical (unpaired) electrons. The predicted molar refractivity (Wildman–Crippen MR) is 117 cm³/mol. The van der Waals surface area contributed by atoms with Gasteiger partial charge in [0.05, 0.1) is 4.70 Å². The summed E-state index contributed by atoms with van der Waals surface area (Å²) in [7, 11) is 0. The number of thiazole rings is 1. The average Bonchev–Trinajstić information content (AvgIpc) is 3.27. The van der Waals surface area contributed by atoms with Crippen molar-refractivity contribution in [3.05, 3.63) is 42.1 Å². The van der Waals surface area contributed by atoms with Gasteiger partial charge >= 0.3 is 0 Å². The molecule has 2 unspecified atom stereocenters. The fraction of sp³-hybridized carbons (Fsp3) is 0.455. The second-order valence-corrected chi connectivity index (χ2v) is 8.26. The maximum atomic E-state index is 6.12. The zero-order valence-corrected chi connectivity index (χ0v) is 18.0. The summed E-state index contributed by atoms with van der Waals surface area (Å²) in [6, 6.07) is 10.0. The lowest BCUT2D eigenvalue weighted by Crippen LogP contribution is -2.35. The van der Waals surface area contributed by atoms with E-state index in [1.165, 1.54) is 16.9 Å². The highest BCUT2D eigenvalue weighted by Gasteiger charge is 2.31. The van der Waals surface area contributed by atoms with Crippen LogP contribution in [0.3, 0.4) is 0 Å². The first-order chi connectivity index (χ1) is 14.2. The molecular formula is C22H28N4O2S. The molecule has 4 rings (SSSR count). The molecule has 0 aliphatic carbocycles. The van der Waals surface area contributed by atoms with E-state index >= 15 is 0 Å². The molecular weight excluding hydrogens is 384 g/mol. The van der Waals surface area contributed by atoms with Crippen molar-refractivity contribution in [2.45, 2.75) is 32.8 Å². The highest BCUT2D eigenvalue weighted by atomic mass is 32.1. The highest BCUT2D eigenvalue weighted by Crippen LogP contribution is 2.41. The number of pyridine rings is 1. The molecule has 1 aliphatic rings. The zero-order chi connectivity index (χ0) is 20.2. The minimum atomic E-state index is 0.146. The topological polar surface area (TPSA) is 59.5 Å². The summed E-state index contributed by atoms with van der Waals surface area (Å²) in [6.07, 6.45) is 1.89. The van der Waals surface area contributed by atoms with E-state index in [1.54, 1.807) is 6.20 Å². The van der Waals surface area contributed by atoms with Gasteiger partial charge in [-0.2, -0.15) is 4.98 Å². The monoisotopic (exact) mass is 412 g/mol. The van der Waals surface area contributed by atoms with Crippen LogP contribution in [0.2, 0.25) is 0 Å². The lowest BCUT2D eigenvalue weighted by molar-refractivity contribution is 0.221. The van der Waals surface area contributed by atoms with E-state index in [1.807, 2.05) is 24.3 Å². The Morgan fingerprint density at radius 2 is 2.10 bits per heavy atom. The van der Waals surface area contributed by atoms with E-state index in [0.717, 1.165) is 54.6 Å². The molecule has 0 amide bonds. The number of nitrogens with one attached hydrogen (secondary N) is 1. The molecule has 0 fully saturated rings. The van der Waals surface area contributed by atoms with Gasteiger partial charge in [0.15, 0.2) is 5.65 Å². The van der Waals surface area contributed by atoms with Crippen molar-refractivity contribution in [2.75, 3.05) is 32.7 Å². The van der Waals surface area contributed by atoms with Crippen molar-refractivity contribution in [3.8, 4) is 16.7 Å². The van der Waals surface area contributed by atoms with Crippen molar-refractivity contribution < 1.29 is 9.47 Å². The molecule has 2 atom stereocenters. The van der Waals surface area contributed by atoms with Crippen molar-refractivity contribution in [3.63, 3.8) is 0 Å². The van der Waals surface area contributed by atoms with Crippen LogP contribution >= 0.6 is 11.3 Å². The standard InChI is InChI=1S/C22H28N4O2S/c1-4-26(5-2)12-11-23-14-18-15(3)27-19-13-16(8-9-17(18)19)28-22-25-21-20(29-22)7-6-10-24-21/h6-10,13,15,18,23H,4-5,11-12,14H2,1-3H3. The van der Waals surface area contributed by atoms with Gasteiger partial charge in [-0.25, -0.2) is 4.98 Å². The molecule has 3 aromatic rings. The number of hydrogen-bond donors (Lipinski definition) is 1. The molecule has 29 heavy (non-hydrogen) atoms. The van der Waals surface area contributed by atoms with E-state index < -0.39 is 0 Å². The molecule has 0 saturated heterocycles. The van der Waals surface area contributed by atoms with Gasteiger partial charge in [-0.1, -0.05) is 31.3 Å². The summed E-state index contributed by atoms with van der Waals surface area (Å²) in [5.74, 6) is 2.00. The first-order valence-electron chi connectivity index (χ1n) is 10.3. The van der Waals surface area contributed by atoms with E-state index in [4.69, 9.17) is 9.47 Å². The largest absolute Gasteiger partial charge is 0.490 e. The first kappa shape index (κ1) is 20.1. The Morgan fingerprint density at radius 1 is 1.24 bits per heavy atom. The van der Waals surface area contributed by atoms with E-state index in [-0.39, 0.29) is 6.10 Å². The van der Waals surface area contributed by atoms with Gasteiger partial charge in [-0.05, 0) is 38.2 Å². The Balaban J connectivity index is 1.39. The molecule has 2 aromatic heterocycles. The SMILES string of the molecule is CCN(CC)CCNCC1c2ccc(Oc3nc4ncccc4s3)cc2OC1C. The van der Waals surface area contributed by atoms with Crippen LogP contribution in [0.5, 0.6) is 16.7 Å². The predicted octanol–water partition coefficient (Wildman–Crippen LogP) is 4.28. The number of ether oxygens (including phenoxy) is 2. The first-order valence-corrected chi connectivity index (χ1v) is 11.1. The van der Waals surface area contributed by atoms with Crippen LogP contribution < -0.4 is 14.8 Å². The van der Waals surface area contributed by atoms with Crippen molar-refractivity contribution in [2.24, 2.45) is 0 Å². The van der Waals surface area contributed by atoms with Gasteiger partial charge in [-0.3, -0.25) is 0 Å². The summed E-state index contributed by atoms with van der Waals surface area (Å²) in [5.41, 5.74) is 1.96. The summed E-state index contributed by atoms with van der Waals surface area (Å²) in [6.45, 7) is 11.7. The Bertz CT molecular complexity index is 924. The molecule has 1 aliphatic heterocycles. The number of aromatic nitrogens is 2. The third-order valence-electron chi connectivity index (χ3n) is 5.48. The molecule has 0 spiro atoms. The third-order valence-corrected chi connectivity index (χ3v) is 6.37. The Hall–Kier alpha value is -2.22. The number of rotatable bonds is 9. The summed E-state index contributed by atoms with van der Waals surface area (Å²) in [5, 5.41) is 4.20. The fourth-order valence-corrected chi connectivity index (χ4v) is 4.52. The Morgan fingerprint density at radius 3 is 2.90 bits per heavy atom. The van der Waals surface area contributed by atoms with Gasteiger partial charge in [-0.15, -0.1) is 0 Å². The second kappa shape index (κ2) is 9.07. The van der Waals surface area contributed by atoms with Gasteiger partial charge in [0.2, 0.25) is 0 Å². The minimum absolute atomic E-state index is 0.146. The van der Waals surface area contributed by atoms with Gasteiger partial charge in [0.25, 0.3) is 5.19 Å². The van der Waals surface area contributed by atoms with Crippen molar-refractivity contribution in [1.82, 2.24) is 20.2 Å². The van der Waals surface area contributed by atoms with Gasteiger partial charge < -0.3 is 19.7 Å². The number of benzene rings is 1. The molecule has 1 N–H and O–H groups in total. The third kappa shape index (κ3) is 4.52. The summed E-state index contributed by atoms with van der Waals surface area (Å²) in [4.78, 5) is 11.1. The Labute approximate surface area is 175 Å². The van der Waals surface area contributed by atoms with E-state index in [0.29, 0.717) is 11.1 Å². The van der Waals surface area contributed by atoms with E-state index in [9.17, 15) is 0 Å². The normalized spacial score (nSPS) is 18.2. The number of hydrogen-bond acceptors (Lipinski definition) is 7. The quantitative estimate of drug-likeness (QED) is 0.530. The average molecular weight is 413 g/mol. The van der Waals surface area contributed by atoms with Crippen LogP contribution in [0.25, 0.3) is 10.3 Å². The molecule has 6 nitrogen and oxygen atoms in total. The maximum absolute atomic E-state index is 6.12. The van der Waals surface area contributed by atoms with Crippen LogP contribution in [0.15, 0.2) is 36.5 Å².